The van der Waals surface area contributed by atoms with E-state index in [1.807, 2.05) is 6.08 Å². The Kier molecular flexibility index (Phi) is 10.9. The number of nitrogens with zero attached hydrogens (tertiary/aromatic N) is 5. The first-order valence-electron chi connectivity index (χ1n) is 13.3. The fourth-order valence-corrected chi connectivity index (χ4v) is 6.12. The second kappa shape index (κ2) is 13.9. The molecule has 3 rings (SSSR count). The average Bonchev–Trinajstić information content (AvgIpc) is 3.16. The molecule has 2 aliphatic heterocycles. The molecule has 0 radical (unpaired) electrons. The molecule has 2 saturated heterocycles. The van der Waals surface area contributed by atoms with E-state index in [1.54, 1.807) is 16.4 Å². The summed E-state index contributed by atoms with van der Waals surface area (Å²) in [7, 11) is 0. The third kappa shape index (κ3) is 6.84. The number of thioether (sulfide) groups is 1. The van der Waals surface area contributed by atoms with Gasteiger partial charge in [0.25, 0.3) is 11.5 Å². The van der Waals surface area contributed by atoms with Gasteiger partial charge in [0.1, 0.15) is 21.8 Å². The Balaban J connectivity index is 2.00. The molecule has 1 amide bonds. The number of carboxylic acid groups (broad SMARTS) is 1. The smallest absolute Gasteiger partial charge is 0.303 e. The Labute approximate surface area is 234 Å². The molecule has 206 valence electrons. The summed E-state index contributed by atoms with van der Waals surface area (Å²) in [6, 6.07) is 2.11. The summed E-state index contributed by atoms with van der Waals surface area (Å²) in [4.78, 5) is 44.1. The highest BCUT2D eigenvalue weighted by atomic mass is 32.2. The van der Waals surface area contributed by atoms with Crippen molar-refractivity contribution in [3.8, 4) is 6.07 Å². The number of rotatable bonds is 12. The minimum absolute atomic E-state index is 0.109. The van der Waals surface area contributed by atoms with Crippen molar-refractivity contribution in [2.45, 2.75) is 65.8 Å². The van der Waals surface area contributed by atoms with Gasteiger partial charge in [0.05, 0.1) is 4.91 Å². The second-order valence-electron chi connectivity index (χ2n) is 9.62. The van der Waals surface area contributed by atoms with Gasteiger partial charge in [-0.15, -0.1) is 0 Å². The quantitative estimate of drug-likeness (QED) is 0.232. The molecule has 2 aliphatic rings. The molecule has 1 aromatic rings. The van der Waals surface area contributed by atoms with Crippen molar-refractivity contribution in [3.05, 3.63) is 31.9 Å². The summed E-state index contributed by atoms with van der Waals surface area (Å²) in [6.45, 7) is 11.2. The fraction of sp³-hybridized carbons (Fsp3) is 0.593. The third-order valence-electron chi connectivity index (χ3n) is 7.12. The van der Waals surface area contributed by atoms with Crippen molar-refractivity contribution in [3.63, 3.8) is 0 Å². The maximum atomic E-state index is 13.4. The number of aromatic nitrogens is 1. The van der Waals surface area contributed by atoms with Crippen LogP contribution in [0.15, 0.2) is 9.70 Å². The summed E-state index contributed by atoms with van der Waals surface area (Å²) >= 11 is 6.74. The molecule has 2 fully saturated rings. The molecule has 0 bridgehead atoms. The number of thiocarbonyl (C=S) groups is 1. The lowest BCUT2D eigenvalue weighted by atomic mass is 10.0. The topological polar surface area (TPSA) is 110 Å². The molecular weight excluding hydrogens is 522 g/mol. The maximum Gasteiger partial charge on any atom is 0.303 e. The van der Waals surface area contributed by atoms with Gasteiger partial charge in [-0.05, 0) is 44.4 Å². The van der Waals surface area contributed by atoms with Crippen LogP contribution in [-0.4, -0.2) is 74.9 Å². The fourth-order valence-electron chi connectivity index (χ4n) is 4.83. The predicted molar refractivity (Wildman–Crippen MR) is 155 cm³/mol. The number of nitriles is 1. The van der Waals surface area contributed by atoms with Gasteiger partial charge in [-0.1, -0.05) is 50.7 Å². The van der Waals surface area contributed by atoms with Gasteiger partial charge in [-0.2, -0.15) is 5.26 Å². The van der Waals surface area contributed by atoms with E-state index in [4.69, 9.17) is 17.3 Å². The van der Waals surface area contributed by atoms with Crippen LogP contribution in [-0.2, 0) is 16.1 Å². The Morgan fingerprint density at radius 3 is 2.42 bits per heavy atom. The number of carbonyl (C=O) groups excluding carboxylic acids is 1. The summed E-state index contributed by atoms with van der Waals surface area (Å²) in [5.41, 5.74) is 1.14. The van der Waals surface area contributed by atoms with Crippen LogP contribution in [0, 0.1) is 18.3 Å². The zero-order valence-corrected chi connectivity index (χ0v) is 24.1. The van der Waals surface area contributed by atoms with E-state index in [9.17, 15) is 19.6 Å². The molecule has 0 unspecified atom stereocenters. The molecule has 3 heterocycles. The zero-order valence-electron chi connectivity index (χ0n) is 22.5. The Bertz CT molecular complexity index is 1200. The molecule has 1 N–H and O–H groups in total. The number of anilines is 1. The number of carboxylic acids is 1. The Morgan fingerprint density at radius 1 is 1.11 bits per heavy atom. The van der Waals surface area contributed by atoms with Crippen molar-refractivity contribution in [1.29, 1.82) is 5.26 Å². The van der Waals surface area contributed by atoms with Crippen LogP contribution in [0.25, 0.3) is 6.08 Å². The third-order valence-corrected chi connectivity index (χ3v) is 8.50. The van der Waals surface area contributed by atoms with E-state index in [-0.39, 0.29) is 23.5 Å². The Morgan fingerprint density at radius 2 is 1.82 bits per heavy atom. The molecule has 11 heteroatoms. The highest BCUT2D eigenvalue weighted by Gasteiger charge is 2.33. The molecular formula is C27H37N5O4S2. The van der Waals surface area contributed by atoms with Crippen LogP contribution >= 0.6 is 24.0 Å². The van der Waals surface area contributed by atoms with E-state index >= 15 is 0 Å². The lowest BCUT2D eigenvalue weighted by Crippen LogP contribution is -2.48. The largest absolute Gasteiger partial charge is 0.481 e. The van der Waals surface area contributed by atoms with Crippen LogP contribution in [0.5, 0.6) is 0 Å². The van der Waals surface area contributed by atoms with Gasteiger partial charge in [-0.25, -0.2) is 0 Å². The first-order chi connectivity index (χ1) is 18.2. The minimum atomic E-state index is -0.821. The first kappa shape index (κ1) is 29.9. The number of hydrogen-bond donors (Lipinski definition) is 1. The monoisotopic (exact) mass is 559 g/mol. The number of pyridine rings is 1. The standard InChI is InChI=1S/C27H37N5O4S2/c1-4-6-11-31-24(30-15-13-29(5-2)14-16-30)20(19(3)21(18-28)25(31)35)17-22-26(36)32(27(37)38-22)12-9-7-8-10-23(33)34/h17H,4-16H2,1-3H3,(H,33,34). The number of hydrogen-bond acceptors (Lipinski definition) is 8. The average molecular weight is 560 g/mol. The number of amides is 1. The number of likely N-dealkylation sites (N-methyl/N-ethyl adjacent to an activating group) is 1. The first-order valence-corrected chi connectivity index (χ1v) is 14.6. The van der Waals surface area contributed by atoms with Crippen molar-refractivity contribution >= 4 is 52.1 Å². The van der Waals surface area contributed by atoms with Gasteiger partial charge < -0.3 is 14.9 Å². The van der Waals surface area contributed by atoms with Crippen LogP contribution in [0.4, 0.5) is 5.82 Å². The molecule has 38 heavy (non-hydrogen) atoms. The van der Waals surface area contributed by atoms with Gasteiger partial charge >= 0.3 is 5.97 Å². The summed E-state index contributed by atoms with van der Waals surface area (Å²) in [5.74, 6) is -0.239. The Hall–Kier alpha value is -2.68. The highest BCUT2D eigenvalue weighted by Crippen LogP contribution is 2.36. The molecule has 0 spiro atoms. The van der Waals surface area contributed by atoms with E-state index < -0.39 is 5.97 Å². The van der Waals surface area contributed by atoms with Crippen molar-refractivity contribution < 1.29 is 14.7 Å². The zero-order chi connectivity index (χ0) is 27.8. The molecule has 9 nitrogen and oxygen atoms in total. The van der Waals surface area contributed by atoms with E-state index in [0.717, 1.165) is 56.9 Å². The lowest BCUT2D eigenvalue weighted by molar-refractivity contribution is -0.137. The normalized spacial score (nSPS) is 17.5. The van der Waals surface area contributed by atoms with Gasteiger partial charge in [-0.3, -0.25) is 23.9 Å². The van der Waals surface area contributed by atoms with E-state index in [1.165, 1.54) is 11.8 Å². The van der Waals surface area contributed by atoms with Gasteiger partial charge in [0.2, 0.25) is 0 Å². The van der Waals surface area contributed by atoms with Gasteiger partial charge in [0, 0.05) is 51.3 Å². The van der Waals surface area contributed by atoms with Crippen molar-refractivity contribution in [1.82, 2.24) is 14.4 Å². The SMILES string of the molecule is CCCCn1c(N2CCN(CC)CC2)c(C=C2SC(=S)N(CCCCCC(=O)O)C2=O)c(C)c(C#N)c1=O. The number of piperazine rings is 1. The van der Waals surface area contributed by atoms with Crippen LogP contribution in [0.1, 0.15) is 69.1 Å². The summed E-state index contributed by atoms with van der Waals surface area (Å²) in [5, 5.41) is 18.7. The number of unbranched alkanes of at least 4 members (excludes halogenated alkanes) is 3. The molecule has 0 aliphatic carbocycles. The molecule has 1 aromatic heterocycles. The molecule has 0 aromatic carbocycles. The molecule has 0 atom stereocenters. The number of carbonyl (C=O) groups is 2. The lowest BCUT2D eigenvalue weighted by Gasteiger charge is -2.37. The molecule has 0 saturated carbocycles. The predicted octanol–water partition coefficient (Wildman–Crippen LogP) is 3.82. The van der Waals surface area contributed by atoms with Crippen molar-refractivity contribution in [2.24, 2.45) is 0 Å². The maximum absolute atomic E-state index is 13.4. The van der Waals surface area contributed by atoms with Crippen LogP contribution < -0.4 is 10.5 Å². The van der Waals surface area contributed by atoms with E-state index in [0.29, 0.717) is 47.1 Å². The van der Waals surface area contributed by atoms with E-state index in [2.05, 4.69) is 29.7 Å². The minimum Gasteiger partial charge on any atom is -0.481 e. The van der Waals surface area contributed by atoms with Gasteiger partial charge in [0.15, 0.2) is 0 Å². The van der Waals surface area contributed by atoms with Crippen molar-refractivity contribution in [2.75, 3.05) is 44.2 Å². The highest BCUT2D eigenvalue weighted by molar-refractivity contribution is 8.26. The van der Waals surface area contributed by atoms with Crippen LogP contribution in [0.2, 0.25) is 0 Å². The summed E-state index contributed by atoms with van der Waals surface area (Å²) in [6.07, 6.45) is 5.56. The summed E-state index contributed by atoms with van der Waals surface area (Å²) < 4.78 is 2.20. The number of aliphatic carboxylic acids is 1. The second-order valence-corrected chi connectivity index (χ2v) is 11.3. The van der Waals surface area contributed by atoms with Crippen LogP contribution in [0.3, 0.4) is 0 Å².